The van der Waals surface area contributed by atoms with Crippen LogP contribution in [0.15, 0.2) is 34.7 Å². The van der Waals surface area contributed by atoms with Crippen LogP contribution >= 0.6 is 0 Å². The van der Waals surface area contributed by atoms with Gasteiger partial charge in [-0.25, -0.2) is 0 Å². The molecule has 1 aliphatic carbocycles. The second-order valence-electron chi connectivity index (χ2n) is 5.30. The summed E-state index contributed by atoms with van der Waals surface area (Å²) >= 11 is 0. The normalized spacial score (nSPS) is 36.4. The summed E-state index contributed by atoms with van der Waals surface area (Å²) in [6.07, 6.45) is 7.30. The van der Waals surface area contributed by atoms with Crippen LogP contribution in [0.2, 0.25) is 0 Å². The molecule has 2 aliphatic rings. The molecule has 3 nitrogen and oxygen atoms in total. The predicted octanol–water partition coefficient (Wildman–Crippen LogP) is 3.24. The fourth-order valence-electron chi connectivity index (χ4n) is 3.32. The summed E-state index contributed by atoms with van der Waals surface area (Å²) in [7, 11) is 0. The second kappa shape index (κ2) is 3.49. The molecule has 0 radical (unpaired) electrons. The molecule has 1 aromatic rings. The minimum Gasteiger partial charge on any atom is -0.472 e. The van der Waals surface area contributed by atoms with Gasteiger partial charge < -0.3 is 9.15 Å². The lowest BCUT2D eigenvalue weighted by Crippen LogP contribution is -2.32. The second-order valence-corrected chi connectivity index (χ2v) is 5.30. The van der Waals surface area contributed by atoms with Gasteiger partial charge in [0, 0.05) is 11.0 Å². The smallest absolute Gasteiger partial charge is 0.314 e. The first-order valence-electron chi connectivity index (χ1n) is 6.02. The first-order valence-corrected chi connectivity index (χ1v) is 6.02. The molecule has 0 spiro atoms. The highest BCUT2D eigenvalue weighted by atomic mass is 16.6. The number of ether oxygens (including phenoxy) is 1. The van der Waals surface area contributed by atoms with Crippen molar-refractivity contribution in [1.29, 1.82) is 0 Å². The number of cyclic esters (lactones) is 1. The van der Waals surface area contributed by atoms with Crippen molar-refractivity contribution in [2.45, 2.75) is 32.8 Å². The first-order chi connectivity index (χ1) is 8.13. The Kier molecular flexibility index (Phi) is 2.18. The quantitative estimate of drug-likeness (QED) is 0.551. The standard InChI is InChI=1S/C14H16O3/c1-9-4-3-6-14(2)11(9)13(15)17-12(14)10-5-7-16-8-10/h4-5,7-8,11-12H,3,6H2,1-2H3/t11?,12-,14+/m1/s1. The van der Waals surface area contributed by atoms with Crippen LogP contribution < -0.4 is 0 Å². The van der Waals surface area contributed by atoms with Crippen molar-refractivity contribution in [3.05, 3.63) is 35.8 Å². The SMILES string of the molecule is CC1=CCC[C@@]2(C)C1C(=O)O[C@@H]2c1ccoc1. The number of esters is 1. The van der Waals surface area contributed by atoms with E-state index in [2.05, 4.69) is 13.0 Å². The van der Waals surface area contributed by atoms with Gasteiger partial charge in [0.2, 0.25) is 0 Å². The van der Waals surface area contributed by atoms with Crippen LogP contribution in [0.3, 0.4) is 0 Å². The molecule has 1 fully saturated rings. The summed E-state index contributed by atoms with van der Waals surface area (Å²) in [4.78, 5) is 12.0. The molecule has 1 aromatic heterocycles. The van der Waals surface area contributed by atoms with Gasteiger partial charge in [-0.15, -0.1) is 0 Å². The maximum atomic E-state index is 12.0. The van der Waals surface area contributed by atoms with Crippen molar-refractivity contribution in [3.8, 4) is 0 Å². The Morgan fingerprint density at radius 1 is 1.47 bits per heavy atom. The van der Waals surface area contributed by atoms with E-state index in [0.717, 1.165) is 24.0 Å². The number of fused-ring (bicyclic) bond motifs is 1. The first kappa shape index (κ1) is 10.6. The summed E-state index contributed by atoms with van der Waals surface area (Å²) < 4.78 is 10.7. The third kappa shape index (κ3) is 1.38. The zero-order valence-electron chi connectivity index (χ0n) is 10.1. The van der Waals surface area contributed by atoms with E-state index in [0.29, 0.717) is 0 Å². The summed E-state index contributed by atoms with van der Waals surface area (Å²) in [6.45, 7) is 4.18. The minimum atomic E-state index is -0.164. The number of hydrogen-bond acceptors (Lipinski definition) is 3. The van der Waals surface area contributed by atoms with Crippen molar-refractivity contribution >= 4 is 5.97 Å². The molecule has 0 saturated carbocycles. The highest BCUT2D eigenvalue weighted by Crippen LogP contribution is 2.56. The lowest BCUT2D eigenvalue weighted by Gasteiger charge is -2.35. The number of hydrogen-bond donors (Lipinski definition) is 0. The van der Waals surface area contributed by atoms with Crippen LogP contribution in [0.5, 0.6) is 0 Å². The molecule has 3 rings (SSSR count). The van der Waals surface area contributed by atoms with E-state index in [-0.39, 0.29) is 23.4 Å². The topological polar surface area (TPSA) is 39.4 Å². The van der Waals surface area contributed by atoms with E-state index in [1.165, 1.54) is 0 Å². The molecule has 1 unspecified atom stereocenters. The lowest BCUT2D eigenvalue weighted by atomic mass is 9.65. The van der Waals surface area contributed by atoms with Gasteiger partial charge in [0.05, 0.1) is 18.4 Å². The molecule has 17 heavy (non-hydrogen) atoms. The highest BCUT2D eigenvalue weighted by Gasteiger charge is 2.56. The fourth-order valence-corrected chi connectivity index (χ4v) is 3.32. The van der Waals surface area contributed by atoms with Crippen LogP contribution in [0.4, 0.5) is 0 Å². The predicted molar refractivity (Wildman–Crippen MR) is 62.1 cm³/mol. The number of carbonyl (C=O) groups excluding carboxylic acids is 1. The molecule has 90 valence electrons. The van der Waals surface area contributed by atoms with Crippen molar-refractivity contribution in [1.82, 2.24) is 0 Å². The molecule has 3 heteroatoms. The van der Waals surface area contributed by atoms with Gasteiger partial charge in [-0.05, 0) is 25.8 Å². The van der Waals surface area contributed by atoms with Gasteiger partial charge >= 0.3 is 5.97 Å². The zero-order valence-corrected chi connectivity index (χ0v) is 10.1. The Morgan fingerprint density at radius 2 is 2.29 bits per heavy atom. The van der Waals surface area contributed by atoms with E-state index in [9.17, 15) is 4.79 Å². The van der Waals surface area contributed by atoms with Gasteiger partial charge in [-0.1, -0.05) is 18.6 Å². The fraction of sp³-hybridized carbons (Fsp3) is 0.500. The molecule has 0 bridgehead atoms. The molecular formula is C14H16O3. The Hall–Kier alpha value is -1.51. The Balaban J connectivity index is 2.05. The Morgan fingerprint density at radius 3 is 3.00 bits per heavy atom. The monoisotopic (exact) mass is 232 g/mol. The summed E-state index contributed by atoms with van der Waals surface area (Å²) in [5.41, 5.74) is 1.99. The molecule has 3 atom stereocenters. The van der Waals surface area contributed by atoms with E-state index in [1.54, 1.807) is 12.5 Å². The average Bonchev–Trinajstić information content (AvgIpc) is 2.85. The van der Waals surface area contributed by atoms with E-state index >= 15 is 0 Å². The third-order valence-electron chi connectivity index (χ3n) is 4.18. The van der Waals surface area contributed by atoms with Crippen LogP contribution in [0.1, 0.15) is 38.4 Å². The maximum Gasteiger partial charge on any atom is 0.314 e. The molecule has 2 heterocycles. The van der Waals surface area contributed by atoms with Gasteiger partial charge in [0.15, 0.2) is 0 Å². The maximum absolute atomic E-state index is 12.0. The van der Waals surface area contributed by atoms with Crippen molar-refractivity contribution in [3.63, 3.8) is 0 Å². The number of rotatable bonds is 1. The van der Waals surface area contributed by atoms with Crippen molar-refractivity contribution in [2.75, 3.05) is 0 Å². The zero-order chi connectivity index (χ0) is 12.0. The lowest BCUT2D eigenvalue weighted by molar-refractivity contribution is -0.143. The van der Waals surface area contributed by atoms with Gasteiger partial charge in [0.25, 0.3) is 0 Å². The van der Waals surface area contributed by atoms with Gasteiger partial charge in [0.1, 0.15) is 6.10 Å². The summed E-state index contributed by atoms with van der Waals surface area (Å²) in [5.74, 6) is -0.177. The summed E-state index contributed by atoms with van der Waals surface area (Å²) in [5, 5.41) is 0. The van der Waals surface area contributed by atoms with Crippen LogP contribution in [0, 0.1) is 11.3 Å². The highest BCUT2D eigenvalue weighted by molar-refractivity contribution is 5.80. The van der Waals surface area contributed by atoms with Gasteiger partial charge in [-0.2, -0.15) is 0 Å². The van der Waals surface area contributed by atoms with Crippen LogP contribution in [-0.2, 0) is 9.53 Å². The molecule has 1 aliphatic heterocycles. The average molecular weight is 232 g/mol. The van der Waals surface area contributed by atoms with Gasteiger partial charge in [-0.3, -0.25) is 4.79 Å². The summed E-state index contributed by atoms with van der Waals surface area (Å²) in [6, 6.07) is 1.89. The van der Waals surface area contributed by atoms with Crippen molar-refractivity contribution < 1.29 is 13.9 Å². The molecule has 0 aromatic carbocycles. The molecule has 1 saturated heterocycles. The van der Waals surface area contributed by atoms with E-state index in [4.69, 9.17) is 9.15 Å². The van der Waals surface area contributed by atoms with Crippen LogP contribution in [0.25, 0.3) is 0 Å². The van der Waals surface area contributed by atoms with Crippen molar-refractivity contribution in [2.24, 2.45) is 11.3 Å². The molecule has 0 amide bonds. The van der Waals surface area contributed by atoms with Crippen LogP contribution in [-0.4, -0.2) is 5.97 Å². The number of furan rings is 1. The number of carbonyl (C=O) groups is 1. The van der Waals surface area contributed by atoms with E-state index in [1.807, 2.05) is 13.0 Å². The largest absolute Gasteiger partial charge is 0.472 e. The molecule has 0 N–H and O–H groups in total. The Bertz CT molecular complexity index is 472. The Labute approximate surface area is 100 Å². The third-order valence-corrected chi connectivity index (χ3v) is 4.18. The minimum absolute atomic E-state index is 0.0869. The molecular weight excluding hydrogens is 216 g/mol. The van der Waals surface area contributed by atoms with E-state index < -0.39 is 0 Å². The number of allylic oxidation sites excluding steroid dienone is 1.